The molecule has 1 fully saturated rings. The monoisotopic (exact) mass is 350 g/mol. The molecule has 26 heavy (non-hydrogen) atoms. The molecule has 6 heteroatoms. The summed E-state index contributed by atoms with van der Waals surface area (Å²) in [6.07, 6.45) is 12.0. The van der Waals surface area contributed by atoms with E-state index in [9.17, 15) is 0 Å². The van der Waals surface area contributed by atoms with Crippen molar-refractivity contribution in [2.45, 2.75) is 38.9 Å². The number of aromatic nitrogens is 4. The van der Waals surface area contributed by atoms with Crippen LogP contribution >= 0.6 is 0 Å². The van der Waals surface area contributed by atoms with Crippen molar-refractivity contribution >= 4 is 5.95 Å². The summed E-state index contributed by atoms with van der Waals surface area (Å²) in [6, 6.07) is 4.16. The molecule has 2 atom stereocenters. The van der Waals surface area contributed by atoms with Gasteiger partial charge < -0.3 is 4.90 Å². The Labute approximate surface area is 154 Å². The molecule has 0 bridgehead atoms. The Hall–Kier alpha value is -2.21. The highest BCUT2D eigenvalue weighted by Gasteiger charge is 2.33. The van der Waals surface area contributed by atoms with E-state index in [0.717, 1.165) is 50.4 Å². The Kier molecular flexibility index (Phi) is 4.21. The van der Waals surface area contributed by atoms with Crippen LogP contribution in [0.15, 0.2) is 36.7 Å². The van der Waals surface area contributed by atoms with Gasteiger partial charge in [0.1, 0.15) is 0 Å². The minimum absolute atomic E-state index is 0.819. The van der Waals surface area contributed by atoms with E-state index in [-0.39, 0.29) is 0 Å². The van der Waals surface area contributed by atoms with Crippen molar-refractivity contribution in [3.8, 4) is 0 Å². The molecule has 0 radical (unpaired) electrons. The van der Waals surface area contributed by atoms with Crippen LogP contribution in [0, 0.1) is 11.8 Å². The molecule has 2 aliphatic heterocycles. The van der Waals surface area contributed by atoms with Gasteiger partial charge in [-0.05, 0) is 43.2 Å². The number of likely N-dealkylation sites (tertiary alicyclic amines) is 1. The lowest BCUT2D eigenvalue weighted by Gasteiger charge is -2.19. The highest BCUT2D eigenvalue weighted by Crippen LogP contribution is 2.33. The fourth-order valence-corrected chi connectivity index (χ4v) is 4.69. The quantitative estimate of drug-likeness (QED) is 0.796. The second-order valence-electron chi connectivity index (χ2n) is 7.83. The SMILES string of the molecule is C1=CC[C@H]2CN(Cc3cc4n(n3)CCCN(c3ncccn3)C4)C[C@H]2C1. The Balaban J connectivity index is 1.28. The molecule has 2 aromatic rings. The molecular weight excluding hydrogens is 324 g/mol. The number of hydrogen-bond donors (Lipinski definition) is 0. The second-order valence-corrected chi connectivity index (χ2v) is 7.83. The minimum atomic E-state index is 0.819. The van der Waals surface area contributed by atoms with E-state index >= 15 is 0 Å². The Morgan fingerprint density at radius 3 is 2.54 bits per heavy atom. The highest BCUT2D eigenvalue weighted by molar-refractivity contribution is 5.31. The smallest absolute Gasteiger partial charge is 0.225 e. The van der Waals surface area contributed by atoms with Crippen LogP contribution in [0.25, 0.3) is 0 Å². The van der Waals surface area contributed by atoms with Crippen LogP contribution in [0.2, 0.25) is 0 Å². The molecular formula is C20H26N6. The minimum Gasteiger partial charge on any atom is -0.335 e. The maximum atomic E-state index is 4.91. The maximum absolute atomic E-state index is 4.91. The predicted octanol–water partition coefficient (Wildman–Crippen LogP) is 2.48. The summed E-state index contributed by atoms with van der Waals surface area (Å²) in [5.41, 5.74) is 2.49. The van der Waals surface area contributed by atoms with Crippen LogP contribution in [-0.2, 0) is 19.6 Å². The van der Waals surface area contributed by atoms with Gasteiger partial charge in [-0.3, -0.25) is 9.58 Å². The van der Waals surface area contributed by atoms with E-state index in [0.29, 0.717) is 0 Å². The molecule has 0 amide bonds. The molecule has 0 N–H and O–H groups in total. The second kappa shape index (κ2) is 6.83. The summed E-state index contributed by atoms with van der Waals surface area (Å²) in [4.78, 5) is 13.7. The zero-order valence-corrected chi connectivity index (χ0v) is 15.2. The summed E-state index contributed by atoms with van der Waals surface area (Å²) in [5.74, 6) is 2.53. The van der Waals surface area contributed by atoms with E-state index in [1.54, 1.807) is 0 Å². The van der Waals surface area contributed by atoms with E-state index < -0.39 is 0 Å². The van der Waals surface area contributed by atoms with Gasteiger partial charge in [0, 0.05) is 45.1 Å². The number of fused-ring (bicyclic) bond motifs is 2. The Morgan fingerprint density at radius 2 is 1.77 bits per heavy atom. The normalized spacial score (nSPS) is 25.8. The van der Waals surface area contributed by atoms with Gasteiger partial charge in [0.05, 0.1) is 17.9 Å². The van der Waals surface area contributed by atoms with Crippen molar-refractivity contribution in [2.24, 2.45) is 11.8 Å². The molecule has 5 rings (SSSR count). The van der Waals surface area contributed by atoms with Gasteiger partial charge in [-0.2, -0.15) is 5.10 Å². The third-order valence-electron chi connectivity index (χ3n) is 5.98. The van der Waals surface area contributed by atoms with Crippen LogP contribution in [0.5, 0.6) is 0 Å². The van der Waals surface area contributed by atoms with Crippen molar-refractivity contribution in [2.75, 3.05) is 24.5 Å². The van der Waals surface area contributed by atoms with Gasteiger partial charge in [-0.15, -0.1) is 0 Å². The van der Waals surface area contributed by atoms with Crippen molar-refractivity contribution < 1.29 is 0 Å². The molecule has 0 unspecified atom stereocenters. The fraction of sp³-hybridized carbons (Fsp3) is 0.550. The average Bonchev–Trinajstić information content (AvgIpc) is 3.19. The lowest BCUT2D eigenvalue weighted by molar-refractivity contribution is 0.308. The van der Waals surface area contributed by atoms with Gasteiger partial charge in [-0.1, -0.05) is 12.2 Å². The first kappa shape index (κ1) is 16.0. The topological polar surface area (TPSA) is 50.1 Å². The van der Waals surface area contributed by atoms with Crippen LogP contribution < -0.4 is 4.90 Å². The van der Waals surface area contributed by atoms with Crippen LogP contribution in [0.4, 0.5) is 5.95 Å². The van der Waals surface area contributed by atoms with Crippen molar-refractivity contribution in [3.05, 3.63) is 48.1 Å². The van der Waals surface area contributed by atoms with Gasteiger partial charge >= 0.3 is 0 Å². The number of hydrogen-bond acceptors (Lipinski definition) is 5. The van der Waals surface area contributed by atoms with Crippen molar-refractivity contribution in [1.29, 1.82) is 0 Å². The standard InChI is InChI=1S/C20H26N6/c1-2-6-17-13-24(12-16(17)5-1)14-18-11-19-15-25(9-4-10-26(19)23-18)20-21-7-3-8-22-20/h1-3,7-8,11,16-17H,4-6,9-10,12-15H2/t16-,17+. The summed E-state index contributed by atoms with van der Waals surface area (Å²) in [6.45, 7) is 6.22. The largest absolute Gasteiger partial charge is 0.335 e. The first-order valence-corrected chi connectivity index (χ1v) is 9.80. The molecule has 3 aliphatic rings. The van der Waals surface area contributed by atoms with Gasteiger partial charge in [0.2, 0.25) is 5.95 Å². The van der Waals surface area contributed by atoms with Gasteiger partial charge in [0.15, 0.2) is 0 Å². The molecule has 2 aromatic heterocycles. The van der Waals surface area contributed by atoms with E-state index in [2.05, 4.69) is 42.7 Å². The average molecular weight is 350 g/mol. The van der Waals surface area contributed by atoms with Crippen molar-refractivity contribution in [3.63, 3.8) is 0 Å². The molecule has 136 valence electrons. The third-order valence-corrected chi connectivity index (χ3v) is 5.98. The van der Waals surface area contributed by atoms with Gasteiger partial charge in [0.25, 0.3) is 0 Å². The van der Waals surface area contributed by atoms with Crippen LogP contribution in [-0.4, -0.2) is 44.3 Å². The van der Waals surface area contributed by atoms with E-state index in [4.69, 9.17) is 5.10 Å². The summed E-state index contributed by atoms with van der Waals surface area (Å²) in [7, 11) is 0. The summed E-state index contributed by atoms with van der Waals surface area (Å²) in [5, 5.41) is 4.91. The maximum Gasteiger partial charge on any atom is 0.225 e. The number of nitrogens with zero attached hydrogens (tertiary/aromatic N) is 6. The molecule has 1 saturated heterocycles. The van der Waals surface area contributed by atoms with E-state index in [1.165, 1.54) is 37.3 Å². The lowest BCUT2D eigenvalue weighted by Crippen LogP contribution is -2.24. The van der Waals surface area contributed by atoms with E-state index in [1.807, 2.05) is 18.5 Å². The third kappa shape index (κ3) is 3.14. The van der Waals surface area contributed by atoms with Gasteiger partial charge in [-0.25, -0.2) is 9.97 Å². The zero-order chi connectivity index (χ0) is 17.3. The molecule has 1 aliphatic carbocycles. The molecule has 0 aromatic carbocycles. The van der Waals surface area contributed by atoms with Crippen LogP contribution in [0.3, 0.4) is 0 Å². The summed E-state index contributed by atoms with van der Waals surface area (Å²) >= 11 is 0. The Bertz CT molecular complexity index is 767. The molecule has 0 spiro atoms. The number of rotatable bonds is 3. The fourth-order valence-electron chi connectivity index (χ4n) is 4.69. The van der Waals surface area contributed by atoms with Crippen LogP contribution in [0.1, 0.15) is 30.7 Å². The van der Waals surface area contributed by atoms with Crippen molar-refractivity contribution in [1.82, 2.24) is 24.6 Å². The summed E-state index contributed by atoms with van der Waals surface area (Å²) < 4.78 is 2.20. The number of aryl methyl sites for hydroxylation is 1. The first-order chi connectivity index (χ1) is 12.8. The zero-order valence-electron chi connectivity index (χ0n) is 15.2. The Morgan fingerprint density at radius 1 is 1.00 bits per heavy atom. The number of allylic oxidation sites excluding steroid dienone is 2. The predicted molar refractivity (Wildman–Crippen MR) is 101 cm³/mol. The first-order valence-electron chi connectivity index (χ1n) is 9.80. The lowest BCUT2D eigenvalue weighted by atomic mass is 9.86. The molecule has 4 heterocycles. The number of anilines is 1. The molecule has 0 saturated carbocycles. The highest BCUT2D eigenvalue weighted by atomic mass is 15.3. The molecule has 6 nitrogen and oxygen atoms in total.